The fourth-order valence-electron chi connectivity index (χ4n) is 4.61. The summed E-state index contributed by atoms with van der Waals surface area (Å²) in [5, 5.41) is 9.04. The quantitative estimate of drug-likeness (QED) is 0.322. The summed E-state index contributed by atoms with van der Waals surface area (Å²) in [4.78, 5) is 42.6. The van der Waals surface area contributed by atoms with Crippen molar-refractivity contribution >= 4 is 29.2 Å². The number of alkyl halides is 2. The topological polar surface area (TPSA) is 109 Å². The highest BCUT2D eigenvalue weighted by atomic mass is 19.3. The van der Waals surface area contributed by atoms with Gasteiger partial charge in [0.15, 0.2) is 11.5 Å². The number of carbonyl (C=O) groups is 3. The molecule has 4 aromatic rings. The molecule has 2 aromatic heterocycles. The van der Waals surface area contributed by atoms with Gasteiger partial charge in [-0.2, -0.15) is 5.10 Å². The van der Waals surface area contributed by atoms with E-state index in [4.69, 9.17) is 0 Å². The third-order valence-electron chi connectivity index (χ3n) is 6.74. The summed E-state index contributed by atoms with van der Waals surface area (Å²) in [5.41, 5.74) is -0.797. The summed E-state index contributed by atoms with van der Waals surface area (Å²) in [7, 11) is 0. The van der Waals surface area contributed by atoms with Crippen LogP contribution in [0.3, 0.4) is 0 Å². The number of nitrogens with zero attached hydrogens (tertiary/aromatic N) is 4. The third-order valence-corrected chi connectivity index (χ3v) is 6.74. The molecule has 3 heterocycles. The zero-order valence-corrected chi connectivity index (χ0v) is 22.1. The molecule has 14 heteroatoms. The van der Waals surface area contributed by atoms with Crippen molar-refractivity contribution in [3.63, 3.8) is 0 Å². The first kappa shape index (κ1) is 28.6. The van der Waals surface area contributed by atoms with Crippen LogP contribution in [0.4, 0.5) is 27.8 Å². The van der Waals surface area contributed by atoms with Gasteiger partial charge in [-0.3, -0.25) is 14.4 Å². The number of aromatic nitrogens is 3. The van der Waals surface area contributed by atoms with Crippen molar-refractivity contribution < 1.29 is 36.3 Å². The number of hydrogen-bond acceptors (Lipinski definition) is 5. The summed E-state index contributed by atoms with van der Waals surface area (Å²) >= 11 is 0. The Balaban J connectivity index is 1.37. The van der Waals surface area contributed by atoms with E-state index in [0.717, 1.165) is 24.3 Å². The molecule has 1 fully saturated rings. The van der Waals surface area contributed by atoms with Gasteiger partial charge in [-0.05, 0) is 48.0 Å². The summed E-state index contributed by atoms with van der Waals surface area (Å²) in [5.74, 6) is -7.95. The molecular weight excluding hydrogens is 563 g/mol. The van der Waals surface area contributed by atoms with Crippen molar-refractivity contribution in [3.8, 4) is 11.3 Å². The van der Waals surface area contributed by atoms with Gasteiger partial charge < -0.3 is 15.5 Å². The Bertz CT molecular complexity index is 1710. The monoisotopic (exact) mass is 586 g/mol. The van der Waals surface area contributed by atoms with E-state index in [1.807, 2.05) is 0 Å². The predicted octanol–water partition coefficient (Wildman–Crippen LogP) is 4.57. The summed E-state index contributed by atoms with van der Waals surface area (Å²) in [6.07, 6.45) is 0.364. The highest BCUT2D eigenvalue weighted by Gasteiger charge is 2.36. The molecule has 2 N–H and O–H groups in total. The molecule has 1 aliphatic rings. The fourth-order valence-corrected chi connectivity index (χ4v) is 4.61. The molecule has 1 saturated heterocycles. The van der Waals surface area contributed by atoms with Gasteiger partial charge in [-0.25, -0.2) is 31.5 Å². The number of hydrogen-bond donors (Lipinski definition) is 2. The van der Waals surface area contributed by atoms with Crippen molar-refractivity contribution in [3.05, 3.63) is 82.8 Å². The maximum atomic E-state index is 15.5. The number of fused-ring (bicyclic) bond motifs is 1. The van der Waals surface area contributed by atoms with Crippen molar-refractivity contribution in [2.75, 3.05) is 18.4 Å². The zero-order valence-electron chi connectivity index (χ0n) is 22.1. The SMILES string of the molecule is CC(=O)Nc1cn2nc(-c3ccc(F)c(C(=O)NCc4cc(F)ccc4C(=O)N4CCC(F)(F)CC4)c3F)ccc2n1. The van der Waals surface area contributed by atoms with Gasteiger partial charge in [0.05, 0.1) is 11.9 Å². The van der Waals surface area contributed by atoms with E-state index in [-0.39, 0.29) is 47.2 Å². The van der Waals surface area contributed by atoms with E-state index in [2.05, 4.69) is 20.7 Å². The Morgan fingerprint density at radius 3 is 2.45 bits per heavy atom. The van der Waals surface area contributed by atoms with Crippen molar-refractivity contribution in [2.24, 2.45) is 0 Å². The first-order valence-electron chi connectivity index (χ1n) is 12.8. The van der Waals surface area contributed by atoms with Gasteiger partial charge in [0.2, 0.25) is 5.91 Å². The minimum Gasteiger partial charge on any atom is -0.348 e. The largest absolute Gasteiger partial charge is 0.348 e. The third kappa shape index (κ3) is 5.92. The molecule has 0 saturated carbocycles. The van der Waals surface area contributed by atoms with E-state index >= 15 is 4.39 Å². The lowest BCUT2D eigenvalue weighted by Crippen LogP contribution is -2.43. The van der Waals surface area contributed by atoms with E-state index in [1.54, 1.807) is 0 Å². The maximum Gasteiger partial charge on any atom is 0.257 e. The van der Waals surface area contributed by atoms with Gasteiger partial charge in [0.1, 0.15) is 23.0 Å². The molecule has 0 atom stereocenters. The Kier molecular flexibility index (Phi) is 7.63. The molecule has 0 radical (unpaired) electrons. The van der Waals surface area contributed by atoms with Gasteiger partial charge in [-0.1, -0.05) is 0 Å². The summed E-state index contributed by atoms with van der Waals surface area (Å²) in [6, 6.07) is 8.05. The average molecular weight is 587 g/mol. The molecule has 0 spiro atoms. The number of benzene rings is 2. The number of likely N-dealkylation sites (tertiary alicyclic amines) is 1. The molecule has 5 rings (SSSR count). The lowest BCUT2D eigenvalue weighted by atomic mass is 10.0. The van der Waals surface area contributed by atoms with Crippen LogP contribution in [0.1, 0.15) is 46.0 Å². The normalized spacial score (nSPS) is 14.6. The molecule has 1 aliphatic heterocycles. The molecule has 9 nitrogen and oxygen atoms in total. The Labute approximate surface area is 235 Å². The molecule has 2 aromatic carbocycles. The van der Waals surface area contributed by atoms with E-state index in [1.165, 1.54) is 40.7 Å². The first-order chi connectivity index (χ1) is 19.9. The number of imidazole rings is 1. The molecule has 0 bridgehead atoms. The van der Waals surface area contributed by atoms with Crippen LogP contribution in [0.2, 0.25) is 0 Å². The number of piperidine rings is 1. The maximum absolute atomic E-state index is 15.5. The number of nitrogens with one attached hydrogen (secondary N) is 2. The summed E-state index contributed by atoms with van der Waals surface area (Å²) < 4.78 is 72.7. The van der Waals surface area contributed by atoms with Crippen LogP contribution in [0, 0.1) is 17.5 Å². The molecule has 42 heavy (non-hydrogen) atoms. The summed E-state index contributed by atoms with van der Waals surface area (Å²) in [6.45, 7) is 0.419. The number of halogens is 5. The Morgan fingerprint density at radius 2 is 1.74 bits per heavy atom. The average Bonchev–Trinajstić information content (AvgIpc) is 3.32. The van der Waals surface area contributed by atoms with Gasteiger partial charge >= 0.3 is 0 Å². The Hall–Kier alpha value is -4.88. The lowest BCUT2D eigenvalue weighted by Gasteiger charge is -2.32. The van der Waals surface area contributed by atoms with Crippen LogP contribution >= 0.6 is 0 Å². The van der Waals surface area contributed by atoms with E-state index < -0.39 is 60.1 Å². The van der Waals surface area contributed by atoms with Crippen LogP contribution in [-0.2, 0) is 11.3 Å². The second-order valence-corrected chi connectivity index (χ2v) is 9.74. The van der Waals surface area contributed by atoms with Crippen molar-refractivity contribution in [1.29, 1.82) is 0 Å². The van der Waals surface area contributed by atoms with E-state index in [9.17, 15) is 31.9 Å². The lowest BCUT2D eigenvalue weighted by molar-refractivity contribution is -0.114. The highest BCUT2D eigenvalue weighted by Crippen LogP contribution is 2.29. The van der Waals surface area contributed by atoms with Gasteiger partial charge in [-0.15, -0.1) is 0 Å². The second-order valence-electron chi connectivity index (χ2n) is 9.74. The minimum atomic E-state index is -2.88. The number of anilines is 1. The standard InChI is InChI=1S/C28H23F5N6O3/c1-15(40)35-22-14-39-23(36-22)7-6-21(37-39)19-4-5-20(30)24(25(19)31)26(41)34-13-16-12-17(29)2-3-18(16)27(42)38-10-8-28(32,33)9-11-38/h2-7,12,14H,8-11,13H2,1H3,(H,34,41)(H,35,40). The van der Waals surface area contributed by atoms with Crippen molar-refractivity contribution in [1.82, 2.24) is 24.8 Å². The Morgan fingerprint density at radius 1 is 1.00 bits per heavy atom. The fraction of sp³-hybridized carbons (Fsp3) is 0.250. The molecule has 0 aliphatic carbocycles. The van der Waals surface area contributed by atoms with Crippen molar-refractivity contribution in [2.45, 2.75) is 32.2 Å². The van der Waals surface area contributed by atoms with Crippen LogP contribution in [0.5, 0.6) is 0 Å². The number of carbonyl (C=O) groups excluding carboxylic acids is 3. The van der Waals surface area contributed by atoms with Crippen LogP contribution < -0.4 is 10.6 Å². The molecule has 0 unspecified atom stereocenters. The molecule has 3 amide bonds. The van der Waals surface area contributed by atoms with Gasteiger partial charge in [0, 0.05) is 50.5 Å². The van der Waals surface area contributed by atoms with Crippen LogP contribution in [0.25, 0.3) is 16.9 Å². The second kappa shape index (κ2) is 11.2. The van der Waals surface area contributed by atoms with Gasteiger partial charge in [0.25, 0.3) is 17.7 Å². The van der Waals surface area contributed by atoms with E-state index in [0.29, 0.717) is 5.65 Å². The minimum absolute atomic E-state index is 0.00450. The first-order valence-corrected chi connectivity index (χ1v) is 12.8. The number of rotatable bonds is 6. The smallest absolute Gasteiger partial charge is 0.257 e. The van der Waals surface area contributed by atoms with Crippen LogP contribution in [-0.4, -0.2) is 56.2 Å². The molecule has 218 valence electrons. The zero-order chi connectivity index (χ0) is 30.2. The van der Waals surface area contributed by atoms with Crippen LogP contribution in [0.15, 0.2) is 48.7 Å². The molecular formula is C28H23F5N6O3. The predicted molar refractivity (Wildman–Crippen MR) is 140 cm³/mol. The highest BCUT2D eigenvalue weighted by molar-refractivity contribution is 5.97. The number of amides is 3.